The van der Waals surface area contributed by atoms with E-state index in [0.717, 1.165) is 38.2 Å². The summed E-state index contributed by atoms with van der Waals surface area (Å²) in [6, 6.07) is 1.15. The van der Waals surface area contributed by atoms with E-state index < -0.39 is 17.1 Å². The lowest BCUT2D eigenvalue weighted by Gasteiger charge is -2.34. The number of aromatic hydroxyl groups is 1. The second-order valence-corrected chi connectivity index (χ2v) is 5.03. The highest BCUT2D eigenvalue weighted by atomic mass is 19.1. The summed E-state index contributed by atoms with van der Waals surface area (Å²) in [7, 11) is 0. The molecule has 1 heterocycles. The third-order valence-electron chi connectivity index (χ3n) is 3.83. The SMILES string of the molecule is NC1(c2c(O)c(F)cc3c2OCO3)CCCCC1. The maximum Gasteiger partial charge on any atom is 0.231 e. The molecule has 0 spiro atoms. The Bertz CT molecular complexity index is 484. The number of nitrogens with two attached hydrogens (primary N) is 1. The summed E-state index contributed by atoms with van der Waals surface area (Å²) in [6.45, 7) is 0.0430. The molecule has 0 radical (unpaired) electrons. The van der Waals surface area contributed by atoms with Crippen LogP contribution >= 0.6 is 0 Å². The van der Waals surface area contributed by atoms with E-state index in [9.17, 15) is 9.50 Å². The number of benzene rings is 1. The predicted molar refractivity (Wildman–Crippen MR) is 63.1 cm³/mol. The number of phenolic OH excluding ortho intramolecular Hbond substituents is 1. The first-order chi connectivity index (χ1) is 8.62. The molecular formula is C13H16FNO3. The lowest BCUT2D eigenvalue weighted by Crippen LogP contribution is -2.39. The first kappa shape index (κ1) is 11.6. The van der Waals surface area contributed by atoms with Gasteiger partial charge in [0, 0.05) is 11.6 Å². The third-order valence-corrected chi connectivity index (χ3v) is 3.83. The van der Waals surface area contributed by atoms with Gasteiger partial charge in [-0.05, 0) is 12.8 Å². The van der Waals surface area contributed by atoms with Crippen molar-refractivity contribution in [1.29, 1.82) is 0 Å². The van der Waals surface area contributed by atoms with Crippen molar-refractivity contribution in [3.05, 3.63) is 17.4 Å². The molecule has 1 fully saturated rings. The standard InChI is InChI=1S/C13H16FNO3/c14-8-6-9-12(18-7-17-9)10(11(8)16)13(15)4-2-1-3-5-13/h6,16H,1-5,7,15H2. The van der Waals surface area contributed by atoms with Gasteiger partial charge in [-0.3, -0.25) is 0 Å². The van der Waals surface area contributed by atoms with E-state index in [1.54, 1.807) is 0 Å². The molecule has 3 rings (SSSR count). The van der Waals surface area contributed by atoms with Gasteiger partial charge in [-0.2, -0.15) is 0 Å². The highest BCUT2D eigenvalue weighted by Crippen LogP contribution is 2.50. The van der Waals surface area contributed by atoms with Crippen LogP contribution in [0.25, 0.3) is 0 Å². The largest absolute Gasteiger partial charge is 0.504 e. The van der Waals surface area contributed by atoms with Crippen molar-refractivity contribution in [2.45, 2.75) is 37.6 Å². The van der Waals surface area contributed by atoms with Gasteiger partial charge >= 0.3 is 0 Å². The maximum atomic E-state index is 13.7. The zero-order chi connectivity index (χ0) is 12.8. The molecule has 0 amide bonds. The van der Waals surface area contributed by atoms with Crippen molar-refractivity contribution in [3.8, 4) is 17.2 Å². The average Bonchev–Trinajstić information content (AvgIpc) is 2.78. The molecule has 4 nitrogen and oxygen atoms in total. The van der Waals surface area contributed by atoms with Gasteiger partial charge in [-0.15, -0.1) is 0 Å². The van der Waals surface area contributed by atoms with Gasteiger partial charge in [0.25, 0.3) is 0 Å². The number of fused-ring (bicyclic) bond motifs is 1. The third kappa shape index (κ3) is 1.61. The first-order valence-electron chi connectivity index (χ1n) is 6.22. The van der Waals surface area contributed by atoms with E-state index in [0.29, 0.717) is 17.1 Å². The highest BCUT2D eigenvalue weighted by molar-refractivity contribution is 5.58. The minimum absolute atomic E-state index is 0.0430. The molecule has 0 saturated heterocycles. The lowest BCUT2D eigenvalue weighted by molar-refractivity contribution is 0.170. The zero-order valence-corrected chi connectivity index (χ0v) is 10.0. The molecule has 0 unspecified atom stereocenters. The zero-order valence-electron chi connectivity index (χ0n) is 10.0. The number of hydrogen-bond acceptors (Lipinski definition) is 4. The van der Waals surface area contributed by atoms with Crippen LogP contribution in [0.4, 0.5) is 4.39 Å². The Morgan fingerprint density at radius 2 is 1.94 bits per heavy atom. The van der Waals surface area contributed by atoms with Gasteiger partial charge in [-0.25, -0.2) is 4.39 Å². The summed E-state index contributed by atoms with van der Waals surface area (Å²) in [5.41, 5.74) is 6.01. The summed E-state index contributed by atoms with van der Waals surface area (Å²) in [4.78, 5) is 0. The van der Waals surface area contributed by atoms with Crippen LogP contribution in [-0.4, -0.2) is 11.9 Å². The molecule has 5 heteroatoms. The Hall–Kier alpha value is -1.49. The average molecular weight is 253 g/mol. The van der Waals surface area contributed by atoms with Gasteiger partial charge in [0.1, 0.15) is 0 Å². The van der Waals surface area contributed by atoms with Gasteiger partial charge < -0.3 is 20.3 Å². The molecule has 18 heavy (non-hydrogen) atoms. The van der Waals surface area contributed by atoms with Crippen LogP contribution in [0.2, 0.25) is 0 Å². The quantitative estimate of drug-likeness (QED) is 0.806. The van der Waals surface area contributed by atoms with E-state index in [4.69, 9.17) is 15.2 Å². The maximum absolute atomic E-state index is 13.7. The van der Waals surface area contributed by atoms with Crippen LogP contribution < -0.4 is 15.2 Å². The fourth-order valence-corrected chi connectivity index (χ4v) is 2.90. The Kier molecular flexibility index (Phi) is 2.59. The molecule has 0 aromatic heterocycles. The number of rotatable bonds is 1. The lowest BCUT2D eigenvalue weighted by atomic mass is 9.76. The summed E-state index contributed by atoms with van der Waals surface area (Å²) < 4.78 is 24.3. The molecule has 1 saturated carbocycles. The smallest absolute Gasteiger partial charge is 0.231 e. The molecule has 3 N–H and O–H groups in total. The molecule has 98 valence electrons. The summed E-state index contributed by atoms with van der Waals surface area (Å²) in [5.74, 6) is -0.373. The van der Waals surface area contributed by atoms with Gasteiger partial charge in [0.2, 0.25) is 6.79 Å². The van der Waals surface area contributed by atoms with Crippen molar-refractivity contribution in [1.82, 2.24) is 0 Å². The van der Waals surface area contributed by atoms with Crippen molar-refractivity contribution in [2.75, 3.05) is 6.79 Å². The van der Waals surface area contributed by atoms with Gasteiger partial charge in [-0.1, -0.05) is 19.3 Å². The number of ether oxygens (including phenoxy) is 2. The molecule has 0 bridgehead atoms. The fourth-order valence-electron chi connectivity index (χ4n) is 2.90. The van der Waals surface area contributed by atoms with E-state index in [1.165, 1.54) is 0 Å². The van der Waals surface area contributed by atoms with E-state index in [-0.39, 0.29) is 6.79 Å². The topological polar surface area (TPSA) is 64.7 Å². The monoisotopic (exact) mass is 253 g/mol. The summed E-state index contributed by atoms with van der Waals surface area (Å²) in [5, 5.41) is 9.99. The van der Waals surface area contributed by atoms with Crippen LogP contribution in [0, 0.1) is 5.82 Å². The predicted octanol–water partition coefficient (Wildman–Crippen LogP) is 2.38. The Balaban J connectivity index is 2.15. The minimum atomic E-state index is -0.720. The molecule has 1 aliphatic heterocycles. The molecule has 1 aromatic carbocycles. The summed E-state index contributed by atoms with van der Waals surface area (Å²) >= 11 is 0. The fraction of sp³-hybridized carbons (Fsp3) is 0.538. The molecule has 2 aliphatic rings. The van der Waals surface area contributed by atoms with Crippen LogP contribution in [0.3, 0.4) is 0 Å². The van der Waals surface area contributed by atoms with Crippen LogP contribution in [0.1, 0.15) is 37.7 Å². The summed E-state index contributed by atoms with van der Waals surface area (Å²) in [6.07, 6.45) is 4.51. The van der Waals surface area contributed by atoms with Crippen LogP contribution in [0.15, 0.2) is 6.07 Å². The van der Waals surface area contributed by atoms with Gasteiger partial charge in [0.15, 0.2) is 23.1 Å². The Labute approximate surface area is 105 Å². The van der Waals surface area contributed by atoms with E-state index in [1.807, 2.05) is 0 Å². The molecular weight excluding hydrogens is 237 g/mol. The van der Waals surface area contributed by atoms with E-state index >= 15 is 0 Å². The molecule has 1 aliphatic carbocycles. The number of hydrogen-bond donors (Lipinski definition) is 2. The van der Waals surface area contributed by atoms with Gasteiger partial charge in [0.05, 0.1) is 5.56 Å². The van der Waals surface area contributed by atoms with Crippen molar-refractivity contribution in [2.24, 2.45) is 5.73 Å². The number of halogens is 1. The van der Waals surface area contributed by atoms with E-state index in [2.05, 4.69) is 0 Å². The van der Waals surface area contributed by atoms with Crippen LogP contribution in [0.5, 0.6) is 17.2 Å². The van der Waals surface area contributed by atoms with Crippen LogP contribution in [-0.2, 0) is 5.54 Å². The Morgan fingerprint density at radius 1 is 1.22 bits per heavy atom. The van der Waals surface area contributed by atoms with Crippen molar-refractivity contribution >= 4 is 0 Å². The number of phenols is 1. The highest BCUT2D eigenvalue weighted by Gasteiger charge is 2.39. The minimum Gasteiger partial charge on any atom is -0.504 e. The normalized spacial score (nSPS) is 21.0. The molecule has 0 atom stereocenters. The second kappa shape index (κ2) is 4.02. The van der Waals surface area contributed by atoms with Crippen molar-refractivity contribution in [3.63, 3.8) is 0 Å². The second-order valence-electron chi connectivity index (χ2n) is 5.03. The molecule has 1 aromatic rings. The first-order valence-corrected chi connectivity index (χ1v) is 6.22. The Morgan fingerprint density at radius 3 is 2.67 bits per heavy atom. The van der Waals surface area contributed by atoms with Crippen molar-refractivity contribution < 1.29 is 19.0 Å².